The minimum absolute atomic E-state index is 0.00303. The van der Waals surface area contributed by atoms with E-state index in [1.807, 2.05) is 33.8 Å². The summed E-state index contributed by atoms with van der Waals surface area (Å²) < 4.78 is 41.4. The van der Waals surface area contributed by atoms with Crippen molar-refractivity contribution < 1.29 is 22.7 Å². The summed E-state index contributed by atoms with van der Waals surface area (Å²) in [6, 6.07) is 8.70. The number of benzene rings is 1. The van der Waals surface area contributed by atoms with Gasteiger partial charge in [0.1, 0.15) is 11.1 Å². The molecule has 1 fully saturated rings. The molecule has 3 heterocycles. The molecule has 1 saturated heterocycles. The van der Waals surface area contributed by atoms with E-state index in [0.717, 1.165) is 5.56 Å². The van der Waals surface area contributed by atoms with Crippen molar-refractivity contribution in [1.82, 2.24) is 18.8 Å². The average Bonchev–Trinajstić information content (AvgIpc) is 3.24. The second-order valence-electron chi connectivity index (χ2n) is 11.3. The third-order valence-corrected chi connectivity index (χ3v) is 9.26. The van der Waals surface area contributed by atoms with Gasteiger partial charge in [-0.1, -0.05) is 31.5 Å². The first-order chi connectivity index (χ1) is 18.2. The van der Waals surface area contributed by atoms with Gasteiger partial charge in [0.25, 0.3) is 10.0 Å². The number of nitrogens with zero attached hydrogens (tertiary/aromatic N) is 4. The van der Waals surface area contributed by atoms with E-state index in [4.69, 9.17) is 9.47 Å². The number of carbonyl (C=O) groups excluding carboxylic acids is 1. The number of carbonyl (C=O) groups is 1. The molecule has 4 rings (SSSR count). The minimum atomic E-state index is -3.99. The molecule has 0 radical (unpaired) electrons. The van der Waals surface area contributed by atoms with Gasteiger partial charge in [0.15, 0.2) is 0 Å². The second kappa shape index (κ2) is 11.1. The quantitative estimate of drug-likeness (QED) is 0.363. The van der Waals surface area contributed by atoms with Crippen LogP contribution in [-0.2, 0) is 21.3 Å². The molecule has 0 unspecified atom stereocenters. The highest BCUT2D eigenvalue weighted by Gasteiger charge is 2.35. The third-order valence-electron chi connectivity index (χ3n) is 6.86. The number of methoxy groups -OCH3 is 1. The summed E-state index contributed by atoms with van der Waals surface area (Å²) in [4.78, 5) is 21.3. The molecule has 3 aromatic rings. The Bertz CT molecular complexity index is 1460. The molecular formula is C28H37BrN4O5S. The van der Waals surface area contributed by atoms with Crippen molar-refractivity contribution in [2.75, 3.05) is 26.7 Å². The Kier molecular flexibility index (Phi) is 8.35. The van der Waals surface area contributed by atoms with Crippen LogP contribution in [0.3, 0.4) is 0 Å². The highest BCUT2D eigenvalue weighted by molar-refractivity contribution is 9.10. The molecule has 0 saturated carbocycles. The topological polar surface area (TPSA) is 94.0 Å². The number of ether oxygens (including phenoxy) is 2. The minimum Gasteiger partial charge on any atom is -0.479 e. The Morgan fingerprint density at radius 3 is 2.44 bits per heavy atom. The maximum atomic E-state index is 14.1. The number of amides is 1. The van der Waals surface area contributed by atoms with Gasteiger partial charge >= 0.3 is 6.09 Å². The van der Waals surface area contributed by atoms with Crippen molar-refractivity contribution in [3.8, 4) is 5.88 Å². The molecule has 11 heteroatoms. The van der Waals surface area contributed by atoms with E-state index in [-0.39, 0.29) is 28.8 Å². The Morgan fingerprint density at radius 1 is 1.18 bits per heavy atom. The van der Waals surface area contributed by atoms with E-state index >= 15 is 0 Å². The predicted molar refractivity (Wildman–Crippen MR) is 155 cm³/mol. The summed E-state index contributed by atoms with van der Waals surface area (Å²) in [6.45, 7) is 13.6. The fourth-order valence-electron chi connectivity index (χ4n) is 4.90. The fraction of sp³-hybridized carbons (Fsp3) is 0.500. The average molecular weight is 622 g/mol. The highest BCUT2D eigenvalue weighted by Crippen LogP contribution is 2.36. The maximum absolute atomic E-state index is 14.1. The predicted octanol–water partition coefficient (Wildman–Crippen LogP) is 5.43. The van der Waals surface area contributed by atoms with E-state index < -0.39 is 15.6 Å². The molecule has 1 atom stereocenters. The van der Waals surface area contributed by atoms with Gasteiger partial charge in [-0.3, -0.25) is 4.90 Å². The molecular weight excluding hydrogens is 584 g/mol. The molecule has 0 bridgehead atoms. The number of piperazine rings is 1. The van der Waals surface area contributed by atoms with Crippen molar-refractivity contribution in [3.63, 3.8) is 0 Å². The van der Waals surface area contributed by atoms with Gasteiger partial charge in [-0.2, -0.15) is 0 Å². The Balaban J connectivity index is 1.78. The number of rotatable bonds is 6. The van der Waals surface area contributed by atoms with E-state index in [1.54, 1.807) is 35.4 Å². The molecule has 1 aliphatic heterocycles. The van der Waals surface area contributed by atoms with Crippen LogP contribution in [0.15, 0.2) is 45.9 Å². The first kappa shape index (κ1) is 29.4. The molecule has 1 aromatic carbocycles. The van der Waals surface area contributed by atoms with Crippen molar-refractivity contribution in [3.05, 3.63) is 52.3 Å². The lowest BCUT2D eigenvalue weighted by Gasteiger charge is -2.43. The molecule has 0 aliphatic carbocycles. The Labute approximate surface area is 239 Å². The zero-order valence-electron chi connectivity index (χ0n) is 23.6. The van der Waals surface area contributed by atoms with Crippen molar-refractivity contribution in [2.24, 2.45) is 5.92 Å². The summed E-state index contributed by atoms with van der Waals surface area (Å²) in [5.41, 5.74) is 1.37. The fourth-order valence-corrected chi connectivity index (χ4v) is 6.83. The van der Waals surface area contributed by atoms with Crippen LogP contribution in [0.4, 0.5) is 4.79 Å². The van der Waals surface area contributed by atoms with Crippen LogP contribution in [0, 0.1) is 12.8 Å². The van der Waals surface area contributed by atoms with Gasteiger partial charge in [0.2, 0.25) is 5.88 Å². The van der Waals surface area contributed by atoms with Gasteiger partial charge < -0.3 is 14.4 Å². The number of halogens is 1. The Hall–Kier alpha value is -2.63. The van der Waals surface area contributed by atoms with Crippen LogP contribution in [0.25, 0.3) is 10.9 Å². The number of hydrogen-bond acceptors (Lipinski definition) is 7. The van der Waals surface area contributed by atoms with E-state index in [2.05, 4.69) is 39.7 Å². The molecule has 2 aromatic heterocycles. The first-order valence-electron chi connectivity index (χ1n) is 13.0. The van der Waals surface area contributed by atoms with Gasteiger partial charge in [0.05, 0.1) is 12.0 Å². The number of aryl methyl sites for hydroxylation is 1. The smallest absolute Gasteiger partial charge is 0.410 e. The van der Waals surface area contributed by atoms with Gasteiger partial charge in [0, 0.05) is 54.0 Å². The zero-order valence-corrected chi connectivity index (χ0v) is 26.0. The summed E-state index contributed by atoms with van der Waals surface area (Å²) >= 11 is 3.55. The normalized spacial score (nSPS) is 17.2. The monoisotopic (exact) mass is 620 g/mol. The van der Waals surface area contributed by atoms with Crippen LogP contribution in [0.5, 0.6) is 5.88 Å². The third kappa shape index (κ3) is 6.10. The molecule has 9 nitrogen and oxygen atoms in total. The zero-order chi connectivity index (χ0) is 28.7. The molecule has 1 aliphatic rings. The van der Waals surface area contributed by atoms with Crippen LogP contribution >= 0.6 is 15.9 Å². The highest BCUT2D eigenvalue weighted by atomic mass is 79.9. The van der Waals surface area contributed by atoms with Gasteiger partial charge in [-0.05, 0) is 67.7 Å². The van der Waals surface area contributed by atoms with Crippen molar-refractivity contribution in [2.45, 2.75) is 64.6 Å². The number of pyridine rings is 1. The molecule has 39 heavy (non-hydrogen) atoms. The summed E-state index contributed by atoms with van der Waals surface area (Å²) in [5, 5.41) is 0.695. The van der Waals surface area contributed by atoms with Crippen LogP contribution in [-0.4, -0.2) is 71.7 Å². The largest absolute Gasteiger partial charge is 0.479 e. The lowest BCUT2D eigenvalue weighted by Crippen LogP contribution is -2.57. The van der Waals surface area contributed by atoms with Crippen molar-refractivity contribution in [1.29, 1.82) is 0 Å². The standard InChI is InChI=1S/C28H37BrN4O5S/c1-18(2)24-17-32(27(34)38-28(4,5)6)13-12-31(24)16-20-14-22-23(29)15-30-26(37-7)25(22)33(20)39(35,36)21-10-8-19(3)9-11-21/h8-11,14-15,18,24H,12-13,16-17H2,1-7H3/t24-/m0/s1. The maximum Gasteiger partial charge on any atom is 0.410 e. The van der Waals surface area contributed by atoms with E-state index in [9.17, 15) is 13.2 Å². The molecule has 1 amide bonds. The van der Waals surface area contributed by atoms with Gasteiger partial charge in [-0.25, -0.2) is 22.2 Å². The first-order valence-corrected chi connectivity index (χ1v) is 15.2. The number of fused-ring (bicyclic) bond motifs is 1. The second-order valence-corrected chi connectivity index (χ2v) is 13.9. The van der Waals surface area contributed by atoms with Crippen LogP contribution in [0.1, 0.15) is 45.9 Å². The molecule has 212 valence electrons. The summed E-state index contributed by atoms with van der Waals surface area (Å²) in [6.07, 6.45) is 1.29. The lowest BCUT2D eigenvalue weighted by molar-refractivity contribution is -0.00452. The number of hydrogen-bond donors (Lipinski definition) is 0. The van der Waals surface area contributed by atoms with E-state index in [0.29, 0.717) is 47.2 Å². The molecule has 0 N–H and O–H groups in total. The van der Waals surface area contributed by atoms with Gasteiger partial charge in [-0.15, -0.1) is 0 Å². The summed E-state index contributed by atoms with van der Waals surface area (Å²) in [7, 11) is -2.51. The van der Waals surface area contributed by atoms with E-state index in [1.165, 1.54) is 11.1 Å². The number of aromatic nitrogens is 2. The SMILES string of the molecule is COc1ncc(Br)c2cc(CN3CCN(C(=O)OC(C)(C)C)C[C@H]3C(C)C)n(S(=O)(=O)c3ccc(C)cc3)c12. The van der Waals surface area contributed by atoms with Crippen molar-refractivity contribution >= 4 is 42.9 Å². The Morgan fingerprint density at radius 2 is 1.85 bits per heavy atom. The lowest BCUT2D eigenvalue weighted by atomic mass is 9.99. The van der Waals surface area contributed by atoms with Crippen LogP contribution < -0.4 is 4.74 Å². The molecule has 0 spiro atoms. The summed E-state index contributed by atoms with van der Waals surface area (Å²) in [5.74, 6) is 0.440. The van der Waals surface area contributed by atoms with Crippen LogP contribution in [0.2, 0.25) is 0 Å².